The standard InChI is InChI=1S/C8H7ClN2O7S/c1-18-8-6(10(12)13)2-5(19(16,17)4-9)3-7(8)11(14)15/h2-3H,4H2,1H3. The van der Waals surface area contributed by atoms with Crippen LogP contribution >= 0.6 is 11.6 Å². The van der Waals surface area contributed by atoms with Crippen LogP contribution in [0.25, 0.3) is 0 Å². The van der Waals surface area contributed by atoms with E-state index in [1.807, 2.05) is 0 Å². The Morgan fingerprint density at radius 1 is 1.21 bits per heavy atom. The van der Waals surface area contributed by atoms with Crippen molar-refractivity contribution in [1.82, 2.24) is 0 Å². The molecule has 0 spiro atoms. The topological polar surface area (TPSA) is 130 Å². The van der Waals surface area contributed by atoms with Crippen LogP contribution in [-0.2, 0) is 9.84 Å². The van der Waals surface area contributed by atoms with Crippen LogP contribution in [0.4, 0.5) is 11.4 Å². The molecule has 0 aliphatic heterocycles. The smallest absolute Gasteiger partial charge is 0.319 e. The van der Waals surface area contributed by atoms with Gasteiger partial charge in [-0.05, 0) is 0 Å². The number of hydrogen-bond acceptors (Lipinski definition) is 7. The van der Waals surface area contributed by atoms with Gasteiger partial charge >= 0.3 is 11.4 Å². The molecular formula is C8H7ClN2O7S. The molecule has 1 aromatic rings. The molecule has 0 radical (unpaired) electrons. The summed E-state index contributed by atoms with van der Waals surface area (Å²) in [6, 6.07) is 1.34. The maximum absolute atomic E-state index is 11.5. The number of hydrogen-bond donors (Lipinski definition) is 0. The van der Waals surface area contributed by atoms with E-state index in [9.17, 15) is 28.6 Å². The van der Waals surface area contributed by atoms with Gasteiger partial charge in [0.1, 0.15) is 5.21 Å². The lowest BCUT2D eigenvalue weighted by molar-refractivity contribution is -0.396. The number of nitrogens with zero attached hydrogens (tertiary/aromatic N) is 2. The van der Waals surface area contributed by atoms with Gasteiger partial charge in [0, 0.05) is 12.1 Å². The monoisotopic (exact) mass is 310 g/mol. The second-order valence-corrected chi connectivity index (χ2v) is 5.81. The van der Waals surface area contributed by atoms with Gasteiger partial charge in [-0.3, -0.25) is 20.2 Å². The van der Waals surface area contributed by atoms with E-state index in [4.69, 9.17) is 11.6 Å². The third kappa shape index (κ3) is 2.90. The molecule has 19 heavy (non-hydrogen) atoms. The predicted octanol–water partition coefficient (Wildman–Crippen LogP) is 1.48. The number of methoxy groups -OCH3 is 1. The molecule has 0 heterocycles. The van der Waals surface area contributed by atoms with Gasteiger partial charge in [-0.25, -0.2) is 8.42 Å². The maximum atomic E-state index is 11.5. The lowest BCUT2D eigenvalue weighted by Gasteiger charge is -2.05. The van der Waals surface area contributed by atoms with Crippen molar-refractivity contribution in [3.63, 3.8) is 0 Å². The van der Waals surface area contributed by atoms with Crippen LogP contribution < -0.4 is 4.74 Å². The van der Waals surface area contributed by atoms with E-state index in [0.29, 0.717) is 12.1 Å². The van der Waals surface area contributed by atoms with Crippen LogP contribution in [-0.4, -0.2) is 30.6 Å². The Balaban J connectivity index is 3.74. The Morgan fingerprint density at radius 3 is 1.89 bits per heavy atom. The largest absolute Gasteiger partial charge is 0.485 e. The summed E-state index contributed by atoms with van der Waals surface area (Å²) in [5.41, 5.74) is -1.64. The van der Waals surface area contributed by atoms with E-state index in [0.717, 1.165) is 7.11 Å². The minimum Gasteiger partial charge on any atom is -0.485 e. The number of nitro groups is 2. The molecule has 0 aromatic heterocycles. The number of benzene rings is 1. The molecule has 9 nitrogen and oxygen atoms in total. The fraction of sp³-hybridized carbons (Fsp3) is 0.250. The lowest BCUT2D eigenvalue weighted by Crippen LogP contribution is -2.06. The summed E-state index contributed by atoms with van der Waals surface area (Å²) >= 11 is 5.21. The number of nitro benzene ring substituents is 2. The first-order chi connectivity index (χ1) is 8.74. The SMILES string of the molecule is COc1c([N+](=O)[O-])cc(S(=O)(=O)CCl)cc1[N+](=O)[O-]. The second kappa shape index (κ2) is 5.36. The zero-order chi connectivity index (χ0) is 14.8. The van der Waals surface area contributed by atoms with Crippen LogP contribution in [0.5, 0.6) is 5.75 Å². The number of halogens is 1. The maximum Gasteiger partial charge on any atom is 0.319 e. The molecule has 0 aliphatic carbocycles. The highest BCUT2D eigenvalue weighted by Crippen LogP contribution is 2.39. The molecule has 0 bridgehead atoms. The Labute approximate surface area is 112 Å². The predicted molar refractivity (Wildman–Crippen MR) is 64.2 cm³/mol. The molecule has 0 saturated heterocycles. The summed E-state index contributed by atoms with van der Waals surface area (Å²) in [6.45, 7) is 0. The van der Waals surface area contributed by atoms with Crippen molar-refractivity contribution >= 4 is 32.8 Å². The van der Waals surface area contributed by atoms with Crippen molar-refractivity contribution in [3.05, 3.63) is 32.4 Å². The van der Waals surface area contributed by atoms with E-state index in [1.165, 1.54) is 0 Å². The van der Waals surface area contributed by atoms with Gasteiger partial charge in [0.2, 0.25) is 0 Å². The molecule has 0 atom stereocenters. The summed E-state index contributed by atoms with van der Waals surface area (Å²) < 4.78 is 27.7. The van der Waals surface area contributed by atoms with Gasteiger partial charge < -0.3 is 4.74 Å². The molecule has 0 fully saturated rings. The van der Waals surface area contributed by atoms with Gasteiger partial charge in [-0.2, -0.15) is 0 Å². The number of ether oxygens (including phenoxy) is 1. The fourth-order valence-corrected chi connectivity index (χ4v) is 2.38. The molecule has 0 amide bonds. The van der Waals surface area contributed by atoms with Crippen LogP contribution in [0.3, 0.4) is 0 Å². The quantitative estimate of drug-likeness (QED) is 0.457. The van der Waals surface area contributed by atoms with E-state index < -0.39 is 46.9 Å². The highest BCUT2D eigenvalue weighted by molar-refractivity contribution is 7.92. The van der Waals surface area contributed by atoms with Crippen molar-refractivity contribution in [2.75, 3.05) is 12.3 Å². The number of rotatable bonds is 5. The molecule has 1 rings (SSSR count). The molecule has 104 valence electrons. The first-order valence-corrected chi connectivity index (χ1v) is 6.72. The summed E-state index contributed by atoms with van der Waals surface area (Å²) in [7, 11) is -3.03. The second-order valence-electron chi connectivity index (χ2n) is 3.23. The summed E-state index contributed by atoms with van der Waals surface area (Å²) in [6.07, 6.45) is 0. The van der Waals surface area contributed by atoms with Crippen molar-refractivity contribution < 1.29 is 23.0 Å². The molecule has 11 heteroatoms. The molecule has 0 saturated carbocycles. The van der Waals surface area contributed by atoms with E-state index >= 15 is 0 Å². The summed E-state index contributed by atoms with van der Waals surface area (Å²) in [4.78, 5) is 19.0. The third-order valence-corrected chi connectivity index (χ3v) is 4.23. The van der Waals surface area contributed by atoms with Crippen molar-refractivity contribution in [1.29, 1.82) is 0 Å². The van der Waals surface area contributed by atoms with E-state index in [-0.39, 0.29) is 0 Å². The molecular weight excluding hydrogens is 304 g/mol. The number of sulfone groups is 1. The molecule has 1 aromatic carbocycles. The van der Waals surface area contributed by atoms with E-state index in [2.05, 4.69) is 4.74 Å². The van der Waals surface area contributed by atoms with Gasteiger partial charge in [-0.15, -0.1) is 11.6 Å². The highest BCUT2D eigenvalue weighted by Gasteiger charge is 2.31. The van der Waals surface area contributed by atoms with Crippen molar-refractivity contribution in [3.8, 4) is 5.75 Å². The lowest BCUT2D eigenvalue weighted by atomic mass is 10.2. The molecule has 0 unspecified atom stereocenters. The fourth-order valence-electron chi connectivity index (χ4n) is 1.30. The van der Waals surface area contributed by atoms with Crippen molar-refractivity contribution in [2.24, 2.45) is 0 Å². The van der Waals surface area contributed by atoms with Crippen LogP contribution in [0.2, 0.25) is 0 Å². The average Bonchev–Trinajstić information content (AvgIpc) is 2.36. The van der Waals surface area contributed by atoms with E-state index in [1.54, 1.807) is 0 Å². The zero-order valence-electron chi connectivity index (χ0n) is 9.40. The Hall–Kier alpha value is -1.94. The van der Waals surface area contributed by atoms with Gasteiger partial charge in [0.25, 0.3) is 5.75 Å². The molecule has 0 aliphatic rings. The highest BCUT2D eigenvalue weighted by atomic mass is 35.5. The van der Waals surface area contributed by atoms with Crippen LogP contribution in [0.1, 0.15) is 0 Å². The Morgan fingerprint density at radius 2 is 1.63 bits per heavy atom. The van der Waals surface area contributed by atoms with Crippen LogP contribution in [0, 0.1) is 20.2 Å². The minimum absolute atomic E-state index is 0.610. The van der Waals surface area contributed by atoms with Gasteiger partial charge in [-0.1, -0.05) is 0 Å². The Bertz CT molecular complexity index is 607. The van der Waals surface area contributed by atoms with Gasteiger partial charge in [0.05, 0.1) is 21.9 Å². The summed E-state index contributed by atoms with van der Waals surface area (Å²) in [5.74, 6) is -0.622. The normalized spacial score (nSPS) is 11.1. The minimum atomic E-state index is -4.03. The first-order valence-electron chi connectivity index (χ1n) is 4.54. The average molecular weight is 311 g/mol. The van der Waals surface area contributed by atoms with Gasteiger partial charge in [0.15, 0.2) is 9.84 Å². The van der Waals surface area contributed by atoms with Crippen molar-refractivity contribution in [2.45, 2.75) is 4.90 Å². The number of alkyl halides is 1. The Kier molecular flexibility index (Phi) is 4.27. The molecule has 0 N–H and O–H groups in total. The van der Waals surface area contributed by atoms with Crippen LogP contribution in [0.15, 0.2) is 17.0 Å². The summed E-state index contributed by atoms with van der Waals surface area (Å²) in [5, 5.41) is 20.7. The third-order valence-electron chi connectivity index (χ3n) is 2.12. The zero-order valence-corrected chi connectivity index (χ0v) is 11.0. The first kappa shape index (κ1) is 15.1.